The van der Waals surface area contributed by atoms with Gasteiger partial charge in [-0.3, -0.25) is 4.72 Å². The molecule has 0 spiro atoms. The monoisotopic (exact) mass is 297 g/mol. The third kappa shape index (κ3) is 3.86. The van der Waals surface area contributed by atoms with E-state index in [0.29, 0.717) is 5.69 Å². The van der Waals surface area contributed by atoms with Gasteiger partial charge in [0.2, 0.25) is 10.0 Å². The van der Waals surface area contributed by atoms with Crippen LogP contribution in [0.15, 0.2) is 29.2 Å². The summed E-state index contributed by atoms with van der Waals surface area (Å²) in [7, 11) is -2.09. The maximum atomic E-state index is 11.5. The second-order valence-corrected chi connectivity index (χ2v) is 8.46. The van der Waals surface area contributed by atoms with Gasteiger partial charge in [0.1, 0.15) is 0 Å². The molecule has 0 heterocycles. The van der Waals surface area contributed by atoms with Crippen LogP contribution in [0.5, 0.6) is 0 Å². The molecule has 0 aromatic heterocycles. The minimum atomic E-state index is -3.78. The zero-order valence-electron chi connectivity index (χ0n) is 9.21. The number of benzene rings is 1. The minimum Gasteiger partial charge on any atom is -0.283 e. The van der Waals surface area contributed by atoms with Gasteiger partial charge in [0.25, 0.3) is 9.05 Å². The van der Waals surface area contributed by atoms with Gasteiger partial charge in [-0.15, -0.1) is 0 Å². The third-order valence-corrected chi connectivity index (χ3v) is 5.15. The molecule has 17 heavy (non-hydrogen) atoms. The van der Waals surface area contributed by atoms with Gasteiger partial charge in [-0.05, 0) is 38.1 Å². The normalized spacial score (nSPS) is 12.7. The first-order valence-corrected chi connectivity index (χ1v) is 8.55. The SMILES string of the molecule is CC(C)S(=O)(=O)Nc1ccc(S(=O)(=O)Cl)cc1. The van der Waals surface area contributed by atoms with Gasteiger partial charge < -0.3 is 0 Å². The molecule has 0 aliphatic carbocycles. The van der Waals surface area contributed by atoms with Crippen molar-refractivity contribution in [2.24, 2.45) is 0 Å². The van der Waals surface area contributed by atoms with Crippen molar-refractivity contribution in [2.45, 2.75) is 24.0 Å². The molecule has 8 heteroatoms. The Labute approximate surface area is 105 Å². The molecule has 96 valence electrons. The lowest BCUT2D eigenvalue weighted by molar-refractivity contribution is 0.592. The van der Waals surface area contributed by atoms with Crippen molar-refractivity contribution >= 4 is 35.4 Å². The highest BCUT2D eigenvalue weighted by Gasteiger charge is 2.16. The minimum absolute atomic E-state index is 0.0772. The van der Waals surface area contributed by atoms with Gasteiger partial charge in [-0.2, -0.15) is 0 Å². The molecule has 0 bridgehead atoms. The van der Waals surface area contributed by atoms with Crippen LogP contribution in [-0.4, -0.2) is 22.1 Å². The van der Waals surface area contributed by atoms with Crippen LogP contribution in [0.1, 0.15) is 13.8 Å². The van der Waals surface area contributed by atoms with E-state index in [9.17, 15) is 16.8 Å². The Morgan fingerprint density at radius 3 is 1.88 bits per heavy atom. The fourth-order valence-electron chi connectivity index (χ4n) is 0.968. The zero-order valence-corrected chi connectivity index (χ0v) is 11.6. The molecule has 0 saturated carbocycles. The molecule has 1 N–H and O–H groups in total. The number of halogens is 1. The van der Waals surface area contributed by atoms with E-state index in [-0.39, 0.29) is 4.90 Å². The number of anilines is 1. The van der Waals surface area contributed by atoms with Crippen LogP contribution in [0.2, 0.25) is 0 Å². The molecule has 0 radical (unpaired) electrons. The van der Waals surface area contributed by atoms with E-state index in [0.717, 1.165) is 0 Å². The summed E-state index contributed by atoms with van der Waals surface area (Å²) in [6.07, 6.45) is 0. The smallest absolute Gasteiger partial charge is 0.261 e. The number of hydrogen-bond donors (Lipinski definition) is 1. The predicted molar refractivity (Wildman–Crippen MR) is 67.2 cm³/mol. The largest absolute Gasteiger partial charge is 0.283 e. The molecule has 0 fully saturated rings. The Morgan fingerprint density at radius 2 is 1.53 bits per heavy atom. The lowest BCUT2D eigenvalue weighted by Gasteiger charge is -2.10. The Morgan fingerprint density at radius 1 is 1.06 bits per heavy atom. The van der Waals surface area contributed by atoms with Gasteiger partial charge in [0.15, 0.2) is 0 Å². The summed E-state index contributed by atoms with van der Waals surface area (Å²) >= 11 is 0. The van der Waals surface area contributed by atoms with Crippen molar-refractivity contribution in [3.05, 3.63) is 24.3 Å². The van der Waals surface area contributed by atoms with Crippen molar-refractivity contribution in [1.29, 1.82) is 0 Å². The molecule has 0 unspecified atom stereocenters. The van der Waals surface area contributed by atoms with Crippen molar-refractivity contribution in [2.75, 3.05) is 4.72 Å². The summed E-state index contributed by atoms with van der Waals surface area (Å²) < 4.78 is 47.3. The van der Waals surface area contributed by atoms with Crippen molar-refractivity contribution < 1.29 is 16.8 Å². The fraction of sp³-hybridized carbons (Fsp3) is 0.333. The summed E-state index contributed by atoms with van der Waals surface area (Å²) in [4.78, 5) is -0.0772. The Hall–Kier alpha value is -0.790. The highest BCUT2D eigenvalue weighted by molar-refractivity contribution is 8.13. The van der Waals surface area contributed by atoms with Crippen LogP contribution < -0.4 is 4.72 Å². The molecule has 1 aromatic rings. The van der Waals surface area contributed by atoms with E-state index in [1.807, 2.05) is 0 Å². The summed E-state index contributed by atoms with van der Waals surface area (Å²) in [6, 6.07) is 5.16. The van der Waals surface area contributed by atoms with E-state index in [4.69, 9.17) is 10.7 Å². The van der Waals surface area contributed by atoms with Gasteiger partial charge in [-0.1, -0.05) is 0 Å². The first-order chi connectivity index (χ1) is 7.63. The van der Waals surface area contributed by atoms with Crippen LogP contribution >= 0.6 is 10.7 Å². The number of sulfonamides is 1. The van der Waals surface area contributed by atoms with E-state index in [2.05, 4.69) is 4.72 Å². The van der Waals surface area contributed by atoms with Crippen LogP contribution in [0.4, 0.5) is 5.69 Å². The molecule has 0 amide bonds. The standard InChI is InChI=1S/C9H12ClNO4S2/c1-7(2)17(14,15)11-8-3-5-9(6-4-8)16(10,12)13/h3-7,11H,1-2H3. The maximum absolute atomic E-state index is 11.5. The van der Waals surface area contributed by atoms with Gasteiger partial charge in [0.05, 0.1) is 10.1 Å². The van der Waals surface area contributed by atoms with Crippen molar-refractivity contribution in [3.8, 4) is 0 Å². The number of hydrogen-bond acceptors (Lipinski definition) is 4. The fourth-order valence-corrected chi connectivity index (χ4v) is 2.44. The number of nitrogens with one attached hydrogen (secondary N) is 1. The molecule has 5 nitrogen and oxygen atoms in total. The average molecular weight is 298 g/mol. The van der Waals surface area contributed by atoms with Crippen LogP contribution in [-0.2, 0) is 19.1 Å². The molecular formula is C9H12ClNO4S2. The molecule has 1 aromatic carbocycles. The van der Waals surface area contributed by atoms with E-state index >= 15 is 0 Å². The van der Waals surface area contributed by atoms with E-state index < -0.39 is 24.3 Å². The summed E-state index contributed by atoms with van der Waals surface area (Å²) in [5, 5.41) is -0.570. The maximum Gasteiger partial charge on any atom is 0.261 e. The summed E-state index contributed by atoms with van der Waals surface area (Å²) in [5.74, 6) is 0. The highest BCUT2D eigenvalue weighted by Crippen LogP contribution is 2.18. The molecule has 0 aliphatic rings. The molecule has 0 atom stereocenters. The lowest BCUT2D eigenvalue weighted by Crippen LogP contribution is -2.22. The van der Waals surface area contributed by atoms with E-state index in [1.165, 1.54) is 24.3 Å². The Kier molecular flexibility index (Phi) is 4.06. The first-order valence-electron chi connectivity index (χ1n) is 4.69. The van der Waals surface area contributed by atoms with Gasteiger partial charge in [0, 0.05) is 16.4 Å². The second kappa shape index (κ2) is 4.83. The summed E-state index contributed by atoms with van der Waals surface area (Å²) in [5.41, 5.74) is 0.294. The van der Waals surface area contributed by atoms with Crippen LogP contribution in [0, 0.1) is 0 Å². The van der Waals surface area contributed by atoms with Crippen molar-refractivity contribution in [3.63, 3.8) is 0 Å². The molecule has 1 rings (SSSR count). The Balaban J connectivity index is 2.98. The van der Waals surface area contributed by atoms with E-state index in [1.54, 1.807) is 13.8 Å². The molecular weight excluding hydrogens is 286 g/mol. The van der Waals surface area contributed by atoms with Gasteiger partial charge in [-0.25, -0.2) is 16.8 Å². The summed E-state index contributed by atoms with van der Waals surface area (Å²) in [6.45, 7) is 3.08. The van der Waals surface area contributed by atoms with Crippen molar-refractivity contribution in [1.82, 2.24) is 0 Å². The third-order valence-electron chi connectivity index (χ3n) is 2.02. The predicted octanol–water partition coefficient (Wildman–Crippen LogP) is 1.76. The Bertz CT molecular complexity index is 590. The number of rotatable bonds is 4. The molecule has 0 saturated heterocycles. The van der Waals surface area contributed by atoms with Crippen LogP contribution in [0.3, 0.4) is 0 Å². The van der Waals surface area contributed by atoms with Gasteiger partial charge >= 0.3 is 0 Å². The average Bonchev–Trinajstić information content (AvgIpc) is 2.16. The van der Waals surface area contributed by atoms with Crippen LogP contribution in [0.25, 0.3) is 0 Å². The zero-order chi connectivity index (χ0) is 13.3. The topological polar surface area (TPSA) is 80.3 Å². The lowest BCUT2D eigenvalue weighted by atomic mass is 10.3. The molecule has 0 aliphatic heterocycles. The first kappa shape index (κ1) is 14.3. The highest BCUT2D eigenvalue weighted by atomic mass is 35.7. The second-order valence-electron chi connectivity index (χ2n) is 3.66. The quantitative estimate of drug-likeness (QED) is 0.859.